The molecule has 0 unspecified atom stereocenters. The molecule has 0 N–H and O–H groups in total. The van der Waals surface area contributed by atoms with Gasteiger partial charge in [0.15, 0.2) is 0 Å². The van der Waals surface area contributed by atoms with Gasteiger partial charge in [-0.3, -0.25) is 0 Å². The predicted molar refractivity (Wildman–Crippen MR) is 170 cm³/mol. The highest BCUT2D eigenvalue weighted by molar-refractivity contribution is 5.96. The van der Waals surface area contributed by atoms with Gasteiger partial charge >= 0.3 is 11.9 Å². The fourth-order valence-electron chi connectivity index (χ4n) is 5.09. The van der Waals surface area contributed by atoms with E-state index in [-0.39, 0.29) is 0 Å². The molecule has 0 amide bonds. The van der Waals surface area contributed by atoms with E-state index in [1.54, 1.807) is 0 Å². The van der Waals surface area contributed by atoms with Crippen molar-refractivity contribution in [3.63, 3.8) is 0 Å². The second-order valence-electron chi connectivity index (χ2n) is 11.6. The van der Waals surface area contributed by atoms with Crippen molar-refractivity contribution in [2.75, 3.05) is 0 Å². The first kappa shape index (κ1) is 37.6. The van der Waals surface area contributed by atoms with Gasteiger partial charge < -0.3 is 4.74 Å². The molecule has 0 aromatic heterocycles. The lowest BCUT2D eigenvalue weighted by Crippen LogP contribution is -2.06. The molecule has 0 heterocycles. The molecule has 0 saturated heterocycles. The minimum Gasteiger partial charge on any atom is -0.387 e. The molecule has 0 atom stereocenters. The van der Waals surface area contributed by atoms with E-state index in [0.717, 1.165) is 25.7 Å². The Morgan fingerprint density at radius 3 is 0.872 bits per heavy atom. The average molecular weight is 547 g/mol. The number of hydrogen-bond donors (Lipinski definition) is 0. The number of ether oxygens (including phenoxy) is 1. The molecule has 3 heteroatoms. The topological polar surface area (TPSA) is 43.4 Å². The van der Waals surface area contributed by atoms with Crippen molar-refractivity contribution >= 4 is 11.9 Å². The maximum atomic E-state index is 11.8. The van der Waals surface area contributed by atoms with E-state index in [1.807, 2.05) is 12.2 Å². The van der Waals surface area contributed by atoms with Crippen LogP contribution >= 0.6 is 0 Å². The van der Waals surface area contributed by atoms with Crippen LogP contribution in [0.25, 0.3) is 0 Å². The zero-order valence-electron chi connectivity index (χ0n) is 26.3. The zero-order valence-corrected chi connectivity index (χ0v) is 26.3. The summed E-state index contributed by atoms with van der Waals surface area (Å²) in [6, 6.07) is 0. The van der Waals surface area contributed by atoms with Crippen molar-refractivity contribution in [3.8, 4) is 0 Å². The number of allylic oxidation sites excluding steroid dienone is 2. The van der Waals surface area contributed by atoms with Crippen molar-refractivity contribution in [1.82, 2.24) is 0 Å². The molecular weight excluding hydrogens is 480 g/mol. The van der Waals surface area contributed by atoms with E-state index in [2.05, 4.69) is 13.8 Å². The van der Waals surface area contributed by atoms with Gasteiger partial charge in [-0.1, -0.05) is 180 Å². The first-order valence-corrected chi connectivity index (χ1v) is 17.3. The molecule has 0 aliphatic heterocycles. The summed E-state index contributed by atoms with van der Waals surface area (Å²) in [5, 5.41) is 0. The summed E-state index contributed by atoms with van der Waals surface area (Å²) in [6.07, 6.45) is 43.0. The van der Waals surface area contributed by atoms with Crippen molar-refractivity contribution < 1.29 is 14.3 Å². The second kappa shape index (κ2) is 32.8. The molecule has 0 fully saturated rings. The lowest BCUT2D eigenvalue weighted by molar-refractivity contribution is -0.152. The Kier molecular flexibility index (Phi) is 31.7. The minimum atomic E-state index is -0.555. The van der Waals surface area contributed by atoms with Crippen LogP contribution in [-0.2, 0) is 14.3 Å². The quantitative estimate of drug-likeness (QED) is 0.0389. The second-order valence-corrected chi connectivity index (χ2v) is 11.6. The third kappa shape index (κ3) is 32.7. The van der Waals surface area contributed by atoms with Crippen molar-refractivity contribution in [2.24, 2.45) is 0 Å². The lowest BCUT2D eigenvalue weighted by Gasteiger charge is -2.02. The van der Waals surface area contributed by atoms with E-state index in [4.69, 9.17) is 4.74 Å². The number of hydrogen-bond acceptors (Lipinski definition) is 3. The van der Waals surface area contributed by atoms with E-state index in [1.165, 1.54) is 166 Å². The van der Waals surface area contributed by atoms with Crippen molar-refractivity contribution in [3.05, 3.63) is 24.3 Å². The van der Waals surface area contributed by atoms with Gasteiger partial charge in [-0.05, 0) is 25.7 Å². The summed E-state index contributed by atoms with van der Waals surface area (Å²) in [4.78, 5) is 23.6. The minimum absolute atomic E-state index is 0.555. The SMILES string of the molecule is CCCCCCCCCCCCCCC/C=C/C(=O)OC(=O)/C=C/CCCCCCCCCCCCCCC. The molecule has 0 aliphatic rings. The molecule has 0 saturated carbocycles. The van der Waals surface area contributed by atoms with Crippen LogP contribution in [0.1, 0.15) is 194 Å². The predicted octanol–water partition coefficient (Wildman–Crippen LogP) is 12.1. The zero-order chi connectivity index (χ0) is 28.5. The fraction of sp³-hybridized carbons (Fsp3) is 0.833. The monoisotopic (exact) mass is 547 g/mol. The number of carbonyl (C=O) groups excluding carboxylic acids is 2. The Hall–Kier alpha value is -1.38. The Balaban J connectivity index is 3.42. The highest BCUT2D eigenvalue weighted by Gasteiger charge is 2.03. The van der Waals surface area contributed by atoms with Crippen LogP contribution in [0.4, 0.5) is 0 Å². The van der Waals surface area contributed by atoms with Gasteiger partial charge in [0.05, 0.1) is 0 Å². The Morgan fingerprint density at radius 2 is 0.615 bits per heavy atom. The summed E-state index contributed by atoms with van der Waals surface area (Å²) in [6.45, 7) is 4.54. The highest BCUT2D eigenvalue weighted by atomic mass is 16.6. The normalized spacial score (nSPS) is 11.6. The number of rotatable bonds is 30. The number of carbonyl (C=O) groups is 2. The van der Waals surface area contributed by atoms with Crippen LogP contribution < -0.4 is 0 Å². The summed E-state index contributed by atoms with van der Waals surface area (Å²) in [5.41, 5.74) is 0. The summed E-state index contributed by atoms with van der Waals surface area (Å²) in [7, 11) is 0. The number of esters is 2. The molecule has 0 radical (unpaired) electrons. The molecule has 0 aromatic carbocycles. The van der Waals surface area contributed by atoms with E-state index in [0.29, 0.717) is 0 Å². The van der Waals surface area contributed by atoms with Crippen LogP contribution in [0.2, 0.25) is 0 Å². The summed E-state index contributed by atoms with van der Waals surface area (Å²) >= 11 is 0. The first-order chi connectivity index (χ1) is 19.2. The van der Waals surface area contributed by atoms with E-state index < -0.39 is 11.9 Å². The average Bonchev–Trinajstić information content (AvgIpc) is 2.93. The van der Waals surface area contributed by atoms with Crippen LogP contribution in [0.15, 0.2) is 24.3 Å². The van der Waals surface area contributed by atoms with Gasteiger partial charge in [0.25, 0.3) is 0 Å². The van der Waals surface area contributed by atoms with E-state index >= 15 is 0 Å². The Labute approximate surface area is 244 Å². The van der Waals surface area contributed by atoms with Gasteiger partial charge in [-0.25, -0.2) is 9.59 Å². The molecule has 228 valence electrons. The van der Waals surface area contributed by atoms with Gasteiger partial charge in [-0.15, -0.1) is 0 Å². The van der Waals surface area contributed by atoms with E-state index in [9.17, 15) is 9.59 Å². The fourth-order valence-corrected chi connectivity index (χ4v) is 5.09. The van der Waals surface area contributed by atoms with Gasteiger partial charge in [0.1, 0.15) is 0 Å². The number of unbranched alkanes of at least 4 members (excludes halogenated alkanes) is 26. The largest absolute Gasteiger partial charge is 0.387 e. The maximum Gasteiger partial charge on any atom is 0.338 e. The van der Waals surface area contributed by atoms with Crippen LogP contribution in [-0.4, -0.2) is 11.9 Å². The maximum absolute atomic E-state index is 11.8. The molecular formula is C36H66O3. The first-order valence-electron chi connectivity index (χ1n) is 17.3. The van der Waals surface area contributed by atoms with Gasteiger partial charge in [-0.2, -0.15) is 0 Å². The molecule has 39 heavy (non-hydrogen) atoms. The summed E-state index contributed by atoms with van der Waals surface area (Å²) in [5.74, 6) is -1.11. The highest BCUT2D eigenvalue weighted by Crippen LogP contribution is 2.14. The smallest absolute Gasteiger partial charge is 0.338 e. The molecule has 3 nitrogen and oxygen atoms in total. The van der Waals surface area contributed by atoms with Gasteiger partial charge in [0.2, 0.25) is 0 Å². The molecule has 0 rings (SSSR count). The summed E-state index contributed by atoms with van der Waals surface area (Å²) < 4.78 is 4.84. The van der Waals surface area contributed by atoms with Crippen LogP contribution in [0.3, 0.4) is 0 Å². The third-order valence-electron chi connectivity index (χ3n) is 7.66. The lowest BCUT2D eigenvalue weighted by atomic mass is 10.0. The molecule has 0 aromatic rings. The van der Waals surface area contributed by atoms with Crippen LogP contribution in [0, 0.1) is 0 Å². The molecule has 0 spiro atoms. The van der Waals surface area contributed by atoms with Crippen molar-refractivity contribution in [1.29, 1.82) is 0 Å². The van der Waals surface area contributed by atoms with Crippen molar-refractivity contribution in [2.45, 2.75) is 194 Å². The van der Waals surface area contributed by atoms with Gasteiger partial charge in [0, 0.05) is 12.2 Å². The Bertz CT molecular complexity index is 528. The standard InChI is InChI=1S/C36H66O3/c1-3-5-7-9-11-13-15-17-19-21-23-25-27-29-31-33-35(37)39-36(38)34-32-30-28-26-24-22-20-18-16-14-12-10-8-6-4-2/h31-34H,3-30H2,1-2H3/b33-31+,34-32+. The molecule has 0 aliphatic carbocycles. The third-order valence-corrected chi connectivity index (χ3v) is 7.66. The Morgan fingerprint density at radius 1 is 0.385 bits per heavy atom. The van der Waals surface area contributed by atoms with Crippen LogP contribution in [0.5, 0.6) is 0 Å². The molecule has 0 bridgehead atoms.